The highest BCUT2D eigenvalue weighted by Crippen LogP contribution is 2.17. The Balaban J connectivity index is 1.82. The fourth-order valence-electron chi connectivity index (χ4n) is 2.62. The molecular formula is C16H14N4. The number of hydrogen-bond donors (Lipinski definition) is 0. The van der Waals surface area contributed by atoms with E-state index in [2.05, 4.69) is 26.8 Å². The highest BCUT2D eigenvalue weighted by atomic mass is 15.1. The number of rotatable bonds is 2. The van der Waals surface area contributed by atoms with Crippen LogP contribution in [0.4, 0.5) is 0 Å². The summed E-state index contributed by atoms with van der Waals surface area (Å²) in [6.45, 7) is 2.78. The van der Waals surface area contributed by atoms with E-state index in [1.807, 2.05) is 53.9 Å². The van der Waals surface area contributed by atoms with E-state index >= 15 is 0 Å². The molecule has 0 amide bonds. The number of aromatic nitrogens is 4. The van der Waals surface area contributed by atoms with Gasteiger partial charge in [-0.1, -0.05) is 18.2 Å². The van der Waals surface area contributed by atoms with Crippen molar-refractivity contribution >= 4 is 16.7 Å². The molecule has 98 valence electrons. The lowest BCUT2D eigenvalue weighted by Gasteiger charge is -2.03. The molecule has 0 spiro atoms. The molecule has 0 aliphatic heterocycles. The number of pyridine rings is 1. The van der Waals surface area contributed by atoms with Crippen LogP contribution in [-0.4, -0.2) is 18.9 Å². The first-order valence-corrected chi connectivity index (χ1v) is 6.66. The molecule has 0 radical (unpaired) electrons. The molecule has 20 heavy (non-hydrogen) atoms. The van der Waals surface area contributed by atoms with Crippen LogP contribution in [0.1, 0.15) is 11.5 Å². The maximum absolute atomic E-state index is 4.65. The summed E-state index contributed by atoms with van der Waals surface area (Å²) >= 11 is 0. The highest BCUT2D eigenvalue weighted by Gasteiger charge is 2.09. The van der Waals surface area contributed by atoms with Crippen LogP contribution < -0.4 is 0 Å². The molecule has 3 aromatic heterocycles. The van der Waals surface area contributed by atoms with Gasteiger partial charge in [-0.3, -0.25) is 0 Å². The van der Waals surface area contributed by atoms with Gasteiger partial charge >= 0.3 is 0 Å². The van der Waals surface area contributed by atoms with E-state index in [9.17, 15) is 0 Å². The molecule has 0 atom stereocenters. The second kappa shape index (κ2) is 4.20. The summed E-state index contributed by atoms with van der Waals surface area (Å²) in [5.74, 6) is 1.02. The molecule has 0 aliphatic carbocycles. The van der Waals surface area contributed by atoms with E-state index < -0.39 is 0 Å². The predicted molar refractivity (Wildman–Crippen MR) is 78.8 cm³/mol. The molecule has 0 aliphatic rings. The van der Waals surface area contributed by atoms with Crippen molar-refractivity contribution in [3.63, 3.8) is 0 Å². The zero-order valence-electron chi connectivity index (χ0n) is 11.2. The summed E-state index contributed by atoms with van der Waals surface area (Å²) < 4.78 is 4.25. The van der Waals surface area contributed by atoms with Crippen molar-refractivity contribution in [1.29, 1.82) is 0 Å². The summed E-state index contributed by atoms with van der Waals surface area (Å²) in [5.41, 5.74) is 4.21. The lowest BCUT2D eigenvalue weighted by Crippen LogP contribution is -2.02. The Morgan fingerprint density at radius 3 is 2.75 bits per heavy atom. The third-order valence-corrected chi connectivity index (χ3v) is 3.58. The minimum atomic E-state index is 0.744. The normalized spacial score (nSPS) is 11.4. The minimum Gasteiger partial charge on any atom is -0.322 e. The maximum atomic E-state index is 4.65. The van der Waals surface area contributed by atoms with Gasteiger partial charge in [-0.15, -0.1) is 0 Å². The molecule has 0 unspecified atom stereocenters. The topological polar surface area (TPSA) is 35.1 Å². The number of benzene rings is 1. The molecule has 0 fully saturated rings. The molecule has 0 N–H and O–H groups in total. The molecule has 0 saturated heterocycles. The van der Waals surface area contributed by atoms with Gasteiger partial charge in [0.25, 0.3) is 0 Å². The standard InChI is InChI=1S/C16H14N4/c1-12-17-14-6-2-3-7-15(14)20(12)11-13-10-19-9-5-4-8-16(19)18-13/h2-10H,11H2,1H3. The Bertz CT molecular complexity index is 868. The van der Waals surface area contributed by atoms with Crippen LogP contribution >= 0.6 is 0 Å². The van der Waals surface area contributed by atoms with Gasteiger partial charge in [-0.2, -0.15) is 0 Å². The van der Waals surface area contributed by atoms with Gasteiger partial charge in [0.15, 0.2) is 0 Å². The van der Waals surface area contributed by atoms with Gasteiger partial charge in [0.05, 0.1) is 23.3 Å². The highest BCUT2D eigenvalue weighted by molar-refractivity contribution is 5.75. The third-order valence-electron chi connectivity index (χ3n) is 3.58. The van der Waals surface area contributed by atoms with Crippen molar-refractivity contribution in [2.24, 2.45) is 0 Å². The number of hydrogen-bond acceptors (Lipinski definition) is 2. The van der Waals surface area contributed by atoms with E-state index in [1.165, 1.54) is 0 Å². The summed E-state index contributed by atoms with van der Waals surface area (Å²) in [4.78, 5) is 9.24. The largest absolute Gasteiger partial charge is 0.322 e. The zero-order valence-corrected chi connectivity index (χ0v) is 11.2. The van der Waals surface area contributed by atoms with Crippen molar-refractivity contribution in [2.75, 3.05) is 0 Å². The summed E-state index contributed by atoms with van der Waals surface area (Å²) in [6, 6.07) is 14.2. The molecule has 4 rings (SSSR count). The van der Waals surface area contributed by atoms with Crippen LogP contribution in [0, 0.1) is 6.92 Å². The van der Waals surface area contributed by atoms with Crippen LogP contribution in [0.3, 0.4) is 0 Å². The Hall–Kier alpha value is -2.62. The average Bonchev–Trinajstić information content (AvgIpc) is 3.00. The first-order valence-electron chi connectivity index (χ1n) is 6.66. The lowest BCUT2D eigenvalue weighted by atomic mass is 10.3. The summed E-state index contributed by atoms with van der Waals surface area (Å²) in [7, 11) is 0. The predicted octanol–water partition coefficient (Wildman–Crippen LogP) is 3.04. The first kappa shape index (κ1) is 11.2. The summed E-state index contributed by atoms with van der Waals surface area (Å²) in [5, 5.41) is 0. The number of para-hydroxylation sites is 2. The van der Waals surface area contributed by atoms with E-state index in [0.29, 0.717) is 0 Å². The molecule has 0 bridgehead atoms. The number of aryl methyl sites for hydroxylation is 1. The lowest BCUT2D eigenvalue weighted by molar-refractivity contribution is 0.770. The quantitative estimate of drug-likeness (QED) is 0.556. The van der Waals surface area contributed by atoms with Crippen molar-refractivity contribution in [2.45, 2.75) is 13.5 Å². The average molecular weight is 262 g/mol. The van der Waals surface area contributed by atoms with E-state index in [0.717, 1.165) is 34.7 Å². The van der Waals surface area contributed by atoms with Crippen LogP contribution in [-0.2, 0) is 6.54 Å². The van der Waals surface area contributed by atoms with Crippen molar-refractivity contribution in [3.05, 3.63) is 66.4 Å². The van der Waals surface area contributed by atoms with E-state index in [4.69, 9.17) is 0 Å². The van der Waals surface area contributed by atoms with Crippen molar-refractivity contribution in [1.82, 2.24) is 18.9 Å². The second-order valence-corrected chi connectivity index (χ2v) is 4.93. The minimum absolute atomic E-state index is 0.744. The molecule has 4 nitrogen and oxygen atoms in total. The van der Waals surface area contributed by atoms with Crippen molar-refractivity contribution < 1.29 is 0 Å². The Morgan fingerprint density at radius 1 is 1.00 bits per heavy atom. The van der Waals surface area contributed by atoms with Crippen molar-refractivity contribution in [3.8, 4) is 0 Å². The number of nitrogens with zero attached hydrogens (tertiary/aromatic N) is 4. The molecule has 1 aromatic carbocycles. The Kier molecular flexibility index (Phi) is 2.36. The second-order valence-electron chi connectivity index (χ2n) is 4.93. The monoisotopic (exact) mass is 262 g/mol. The molecule has 4 heteroatoms. The van der Waals surface area contributed by atoms with Gasteiger partial charge in [-0.05, 0) is 31.2 Å². The molecule has 0 saturated carbocycles. The molecular weight excluding hydrogens is 248 g/mol. The molecule has 3 heterocycles. The molecule has 4 aromatic rings. The number of fused-ring (bicyclic) bond motifs is 2. The SMILES string of the molecule is Cc1nc2ccccc2n1Cc1cn2ccccc2n1. The number of imidazole rings is 2. The smallest absolute Gasteiger partial charge is 0.137 e. The van der Waals surface area contributed by atoms with Gasteiger partial charge in [0.1, 0.15) is 11.5 Å². The Labute approximate surface area is 116 Å². The summed E-state index contributed by atoms with van der Waals surface area (Å²) in [6.07, 6.45) is 4.09. The van der Waals surface area contributed by atoms with Gasteiger partial charge < -0.3 is 8.97 Å². The van der Waals surface area contributed by atoms with Gasteiger partial charge in [0.2, 0.25) is 0 Å². The zero-order chi connectivity index (χ0) is 13.5. The van der Waals surface area contributed by atoms with Crippen LogP contribution in [0.15, 0.2) is 54.9 Å². The fourth-order valence-corrected chi connectivity index (χ4v) is 2.62. The van der Waals surface area contributed by atoms with E-state index in [1.54, 1.807) is 0 Å². The fraction of sp³-hybridized carbons (Fsp3) is 0.125. The van der Waals surface area contributed by atoms with Gasteiger partial charge in [-0.25, -0.2) is 9.97 Å². The van der Waals surface area contributed by atoms with E-state index in [-0.39, 0.29) is 0 Å². The third kappa shape index (κ3) is 1.69. The van der Waals surface area contributed by atoms with Gasteiger partial charge in [0, 0.05) is 12.4 Å². The van der Waals surface area contributed by atoms with Crippen LogP contribution in [0.5, 0.6) is 0 Å². The maximum Gasteiger partial charge on any atom is 0.137 e. The van der Waals surface area contributed by atoms with Crippen LogP contribution in [0.2, 0.25) is 0 Å². The van der Waals surface area contributed by atoms with Crippen LogP contribution in [0.25, 0.3) is 16.7 Å². The Morgan fingerprint density at radius 2 is 1.85 bits per heavy atom. The first-order chi connectivity index (χ1) is 9.81.